The van der Waals surface area contributed by atoms with Crippen LogP contribution in [-0.4, -0.2) is 44.7 Å². The van der Waals surface area contributed by atoms with E-state index in [0.29, 0.717) is 17.4 Å². The molecule has 0 saturated carbocycles. The minimum absolute atomic E-state index is 0.486. The van der Waals surface area contributed by atoms with Crippen molar-refractivity contribution in [3.8, 4) is 17.0 Å². The smallest absolute Gasteiger partial charge is 0.347 e. The van der Waals surface area contributed by atoms with E-state index in [-0.39, 0.29) is 0 Å². The molecule has 3 aromatic rings. The third-order valence-corrected chi connectivity index (χ3v) is 5.35. The zero-order valence-electron chi connectivity index (χ0n) is 18.3. The minimum Gasteiger partial charge on any atom is -0.478 e. The van der Waals surface area contributed by atoms with Crippen molar-refractivity contribution in [2.75, 3.05) is 23.3 Å². The molecular formula is C24H27N5O3. The van der Waals surface area contributed by atoms with Crippen LogP contribution < -0.4 is 15.0 Å². The summed E-state index contributed by atoms with van der Waals surface area (Å²) >= 11 is 0. The van der Waals surface area contributed by atoms with Crippen LogP contribution in [0.1, 0.15) is 33.1 Å². The van der Waals surface area contributed by atoms with Crippen LogP contribution in [-0.2, 0) is 4.79 Å². The highest BCUT2D eigenvalue weighted by Crippen LogP contribution is 2.25. The van der Waals surface area contributed by atoms with E-state index >= 15 is 0 Å². The number of benzene rings is 1. The first-order valence-electron chi connectivity index (χ1n) is 10.7. The number of aromatic nitrogens is 3. The van der Waals surface area contributed by atoms with Gasteiger partial charge in [0.15, 0.2) is 11.4 Å². The number of anilines is 3. The number of aliphatic carboxylic acids is 1. The van der Waals surface area contributed by atoms with E-state index in [4.69, 9.17) is 9.72 Å². The molecule has 0 unspecified atom stereocenters. The predicted octanol–water partition coefficient (Wildman–Crippen LogP) is 4.51. The second-order valence-electron chi connectivity index (χ2n) is 8.29. The molecule has 2 aromatic heterocycles. The normalized spacial score (nSPS) is 14.1. The first kappa shape index (κ1) is 21.5. The molecular weight excluding hydrogens is 406 g/mol. The quantitative estimate of drug-likeness (QED) is 0.561. The van der Waals surface area contributed by atoms with Crippen molar-refractivity contribution in [3.63, 3.8) is 0 Å². The molecule has 1 aromatic carbocycles. The monoisotopic (exact) mass is 433 g/mol. The Balaban J connectivity index is 1.48. The molecule has 1 aliphatic heterocycles. The van der Waals surface area contributed by atoms with E-state index in [1.807, 2.05) is 30.3 Å². The standard InChI is InChI=1S/C24H27N5O3/c1-24(2,23(30)31)32-18-11-9-17(10-12-18)19-7-6-8-20(26-19)27-21-15-25-16-22(28-21)29-13-4-3-5-14-29/h6-12,15-16H,3-5,13-14H2,1-2H3,(H,30,31)(H,26,27,28). The highest BCUT2D eigenvalue weighted by atomic mass is 16.5. The number of ether oxygens (including phenoxy) is 1. The van der Waals surface area contributed by atoms with Crippen LogP contribution in [0.15, 0.2) is 54.9 Å². The number of nitrogens with zero attached hydrogens (tertiary/aromatic N) is 4. The zero-order chi connectivity index (χ0) is 22.6. The largest absolute Gasteiger partial charge is 0.478 e. The minimum atomic E-state index is -1.30. The van der Waals surface area contributed by atoms with Crippen molar-refractivity contribution in [3.05, 3.63) is 54.9 Å². The fourth-order valence-electron chi connectivity index (χ4n) is 3.52. The molecule has 166 valence electrons. The second-order valence-corrected chi connectivity index (χ2v) is 8.29. The summed E-state index contributed by atoms with van der Waals surface area (Å²) in [6, 6.07) is 12.9. The summed E-state index contributed by atoms with van der Waals surface area (Å²) in [6.07, 6.45) is 7.12. The van der Waals surface area contributed by atoms with Crippen LogP contribution in [0.5, 0.6) is 5.75 Å². The fourth-order valence-corrected chi connectivity index (χ4v) is 3.52. The molecule has 0 aliphatic carbocycles. The van der Waals surface area contributed by atoms with Crippen LogP contribution in [0.2, 0.25) is 0 Å². The number of hydrogen-bond acceptors (Lipinski definition) is 7. The van der Waals surface area contributed by atoms with Gasteiger partial charge in [0, 0.05) is 18.7 Å². The van der Waals surface area contributed by atoms with E-state index in [1.54, 1.807) is 24.5 Å². The molecule has 8 nitrogen and oxygen atoms in total. The van der Waals surface area contributed by atoms with Gasteiger partial charge in [-0.25, -0.2) is 14.8 Å². The maximum Gasteiger partial charge on any atom is 0.347 e. The lowest BCUT2D eigenvalue weighted by Gasteiger charge is -2.27. The van der Waals surface area contributed by atoms with E-state index in [1.165, 1.54) is 33.1 Å². The van der Waals surface area contributed by atoms with Gasteiger partial charge in [-0.05, 0) is 69.5 Å². The molecule has 2 N–H and O–H groups in total. The zero-order valence-corrected chi connectivity index (χ0v) is 18.3. The van der Waals surface area contributed by atoms with E-state index in [0.717, 1.165) is 30.2 Å². The Bertz CT molecular complexity index is 1080. The van der Waals surface area contributed by atoms with Crippen molar-refractivity contribution in [1.29, 1.82) is 0 Å². The lowest BCUT2D eigenvalue weighted by atomic mass is 10.1. The van der Waals surface area contributed by atoms with Gasteiger partial charge in [0.1, 0.15) is 17.4 Å². The molecule has 3 heterocycles. The van der Waals surface area contributed by atoms with Crippen molar-refractivity contribution < 1.29 is 14.6 Å². The van der Waals surface area contributed by atoms with Crippen molar-refractivity contribution in [2.45, 2.75) is 38.7 Å². The molecule has 1 aliphatic rings. The topological polar surface area (TPSA) is 100 Å². The van der Waals surface area contributed by atoms with Crippen molar-refractivity contribution in [2.24, 2.45) is 0 Å². The fraction of sp³-hybridized carbons (Fsp3) is 0.333. The molecule has 0 atom stereocenters. The summed E-state index contributed by atoms with van der Waals surface area (Å²) in [4.78, 5) is 27.2. The van der Waals surface area contributed by atoms with Gasteiger partial charge >= 0.3 is 5.97 Å². The van der Waals surface area contributed by atoms with Crippen molar-refractivity contribution in [1.82, 2.24) is 15.0 Å². The predicted molar refractivity (Wildman–Crippen MR) is 123 cm³/mol. The Morgan fingerprint density at radius 1 is 1.00 bits per heavy atom. The van der Waals surface area contributed by atoms with Gasteiger partial charge in [0.2, 0.25) is 0 Å². The van der Waals surface area contributed by atoms with Crippen LogP contribution in [0, 0.1) is 0 Å². The number of nitrogens with one attached hydrogen (secondary N) is 1. The van der Waals surface area contributed by atoms with E-state index in [2.05, 4.69) is 20.2 Å². The highest BCUT2D eigenvalue weighted by Gasteiger charge is 2.29. The lowest BCUT2D eigenvalue weighted by molar-refractivity contribution is -0.152. The lowest BCUT2D eigenvalue weighted by Crippen LogP contribution is -2.37. The average Bonchev–Trinajstić information content (AvgIpc) is 2.80. The van der Waals surface area contributed by atoms with Crippen LogP contribution >= 0.6 is 0 Å². The molecule has 0 spiro atoms. The summed E-state index contributed by atoms with van der Waals surface area (Å²) in [5.74, 6) is 1.66. The number of pyridine rings is 1. The van der Waals surface area contributed by atoms with Gasteiger partial charge in [-0.2, -0.15) is 0 Å². The van der Waals surface area contributed by atoms with Gasteiger partial charge in [-0.1, -0.05) is 6.07 Å². The Morgan fingerprint density at radius 2 is 1.75 bits per heavy atom. The molecule has 1 fully saturated rings. The first-order chi connectivity index (χ1) is 15.4. The van der Waals surface area contributed by atoms with Crippen LogP contribution in [0.3, 0.4) is 0 Å². The van der Waals surface area contributed by atoms with E-state index in [9.17, 15) is 9.90 Å². The molecule has 0 bridgehead atoms. The van der Waals surface area contributed by atoms with Gasteiger partial charge in [-0.3, -0.25) is 4.98 Å². The Labute approximate surface area is 187 Å². The van der Waals surface area contributed by atoms with Gasteiger partial charge in [0.25, 0.3) is 0 Å². The average molecular weight is 434 g/mol. The molecule has 0 radical (unpaired) electrons. The summed E-state index contributed by atoms with van der Waals surface area (Å²) in [5.41, 5.74) is 0.370. The van der Waals surface area contributed by atoms with Crippen LogP contribution in [0.25, 0.3) is 11.3 Å². The summed E-state index contributed by atoms with van der Waals surface area (Å²) in [6.45, 7) is 5.05. The Kier molecular flexibility index (Phi) is 6.20. The summed E-state index contributed by atoms with van der Waals surface area (Å²) in [5, 5.41) is 12.5. The van der Waals surface area contributed by atoms with E-state index < -0.39 is 11.6 Å². The van der Waals surface area contributed by atoms with Gasteiger partial charge < -0.3 is 20.1 Å². The number of piperidine rings is 1. The van der Waals surface area contributed by atoms with Crippen LogP contribution in [0.4, 0.5) is 17.5 Å². The number of carboxylic acids is 1. The molecule has 1 saturated heterocycles. The second kappa shape index (κ2) is 9.21. The SMILES string of the molecule is CC(C)(Oc1ccc(-c2cccc(Nc3cncc(N4CCCCC4)n3)n2)cc1)C(=O)O. The molecule has 4 rings (SSSR count). The third kappa shape index (κ3) is 5.14. The summed E-state index contributed by atoms with van der Waals surface area (Å²) in [7, 11) is 0. The number of carbonyl (C=O) groups is 1. The van der Waals surface area contributed by atoms with Crippen molar-refractivity contribution >= 4 is 23.4 Å². The molecule has 0 amide bonds. The maximum atomic E-state index is 11.3. The Hall–Kier alpha value is -3.68. The Morgan fingerprint density at radius 3 is 2.47 bits per heavy atom. The first-order valence-corrected chi connectivity index (χ1v) is 10.7. The number of rotatable bonds is 7. The summed E-state index contributed by atoms with van der Waals surface area (Å²) < 4.78 is 5.57. The number of hydrogen-bond donors (Lipinski definition) is 2. The molecule has 8 heteroatoms. The highest BCUT2D eigenvalue weighted by molar-refractivity contribution is 5.76. The maximum absolute atomic E-state index is 11.3. The van der Waals surface area contributed by atoms with Gasteiger partial charge in [0.05, 0.1) is 18.1 Å². The molecule has 32 heavy (non-hydrogen) atoms. The third-order valence-electron chi connectivity index (χ3n) is 5.35. The number of carboxylic acid groups (broad SMARTS) is 1. The van der Waals surface area contributed by atoms with Gasteiger partial charge in [-0.15, -0.1) is 0 Å².